The number of likely N-dealkylation sites (tertiary alicyclic amines) is 2. The van der Waals surface area contributed by atoms with Gasteiger partial charge in [-0.05, 0) is 69.3 Å². The maximum absolute atomic E-state index is 12.9. The average molecular weight is 359 g/mol. The summed E-state index contributed by atoms with van der Waals surface area (Å²) in [4.78, 5) is 17.7. The standard InChI is InChI=1S/C22H34N2O2/c1-26-21-11-9-19(10-12-21)18-22(25)24-16-7-4-8-20(24)13-17-23-14-5-2-3-6-15-23/h9-12,20H,2-8,13-18H2,1H3. The molecule has 0 saturated carbocycles. The van der Waals surface area contributed by atoms with E-state index < -0.39 is 0 Å². The van der Waals surface area contributed by atoms with Crippen molar-refractivity contribution in [2.24, 2.45) is 0 Å². The highest BCUT2D eigenvalue weighted by molar-refractivity contribution is 5.79. The van der Waals surface area contributed by atoms with E-state index in [0.29, 0.717) is 12.5 Å². The van der Waals surface area contributed by atoms with E-state index in [4.69, 9.17) is 4.74 Å². The summed E-state index contributed by atoms with van der Waals surface area (Å²) in [7, 11) is 1.67. The molecule has 0 N–H and O–H groups in total. The lowest BCUT2D eigenvalue weighted by molar-refractivity contribution is -0.134. The smallest absolute Gasteiger partial charge is 0.227 e. The van der Waals surface area contributed by atoms with E-state index in [9.17, 15) is 4.79 Å². The van der Waals surface area contributed by atoms with E-state index in [-0.39, 0.29) is 5.91 Å². The molecule has 0 aliphatic carbocycles. The van der Waals surface area contributed by atoms with Gasteiger partial charge in [-0.25, -0.2) is 0 Å². The molecule has 1 unspecified atom stereocenters. The lowest BCUT2D eigenvalue weighted by Crippen LogP contribution is -2.46. The predicted molar refractivity (Wildman–Crippen MR) is 106 cm³/mol. The van der Waals surface area contributed by atoms with Gasteiger partial charge >= 0.3 is 0 Å². The van der Waals surface area contributed by atoms with Crippen molar-refractivity contribution in [1.82, 2.24) is 9.80 Å². The lowest BCUT2D eigenvalue weighted by Gasteiger charge is -2.37. The van der Waals surface area contributed by atoms with Gasteiger partial charge in [0, 0.05) is 19.1 Å². The second kappa shape index (κ2) is 9.96. The monoisotopic (exact) mass is 358 g/mol. The minimum Gasteiger partial charge on any atom is -0.497 e. The highest BCUT2D eigenvalue weighted by Gasteiger charge is 2.27. The molecule has 1 atom stereocenters. The van der Waals surface area contributed by atoms with Crippen LogP contribution >= 0.6 is 0 Å². The molecule has 3 rings (SSSR count). The zero-order valence-corrected chi connectivity index (χ0v) is 16.3. The number of carbonyl (C=O) groups is 1. The van der Waals surface area contributed by atoms with Gasteiger partial charge in [0.2, 0.25) is 5.91 Å². The van der Waals surface area contributed by atoms with Crippen LogP contribution in [0.1, 0.15) is 56.9 Å². The summed E-state index contributed by atoms with van der Waals surface area (Å²) in [5.74, 6) is 1.13. The Hall–Kier alpha value is -1.55. The van der Waals surface area contributed by atoms with Crippen LogP contribution in [-0.4, -0.2) is 55.0 Å². The number of piperidine rings is 1. The Morgan fingerprint density at radius 1 is 1.00 bits per heavy atom. The van der Waals surface area contributed by atoms with Crippen LogP contribution in [0.2, 0.25) is 0 Å². The average Bonchev–Trinajstić information content (AvgIpc) is 2.96. The van der Waals surface area contributed by atoms with Gasteiger partial charge in [-0.2, -0.15) is 0 Å². The minimum atomic E-state index is 0.288. The van der Waals surface area contributed by atoms with Gasteiger partial charge in [0.05, 0.1) is 13.5 Å². The van der Waals surface area contributed by atoms with E-state index >= 15 is 0 Å². The molecular weight excluding hydrogens is 324 g/mol. The first-order valence-corrected chi connectivity index (χ1v) is 10.4. The second-order valence-electron chi connectivity index (χ2n) is 7.81. The van der Waals surface area contributed by atoms with E-state index in [0.717, 1.165) is 37.2 Å². The summed E-state index contributed by atoms with van der Waals surface area (Å²) in [5, 5.41) is 0. The maximum Gasteiger partial charge on any atom is 0.227 e. The number of methoxy groups -OCH3 is 1. The van der Waals surface area contributed by atoms with E-state index in [2.05, 4.69) is 9.80 Å². The number of ether oxygens (including phenoxy) is 1. The van der Waals surface area contributed by atoms with Crippen molar-refractivity contribution in [3.05, 3.63) is 29.8 Å². The maximum atomic E-state index is 12.9. The molecule has 2 aliphatic heterocycles. The molecule has 0 aromatic heterocycles. The second-order valence-corrected chi connectivity index (χ2v) is 7.81. The summed E-state index contributed by atoms with van der Waals surface area (Å²) in [5.41, 5.74) is 1.08. The van der Waals surface area contributed by atoms with Gasteiger partial charge in [-0.1, -0.05) is 25.0 Å². The summed E-state index contributed by atoms with van der Waals surface area (Å²) >= 11 is 0. The fourth-order valence-corrected chi connectivity index (χ4v) is 4.34. The van der Waals surface area contributed by atoms with Crippen LogP contribution in [0.25, 0.3) is 0 Å². The molecule has 4 nitrogen and oxygen atoms in total. The Balaban J connectivity index is 1.53. The Morgan fingerprint density at radius 2 is 1.69 bits per heavy atom. The van der Waals surface area contributed by atoms with Crippen molar-refractivity contribution in [2.75, 3.05) is 33.3 Å². The van der Waals surface area contributed by atoms with E-state index in [1.165, 1.54) is 51.6 Å². The molecule has 26 heavy (non-hydrogen) atoms. The molecule has 2 aliphatic rings. The summed E-state index contributed by atoms with van der Waals surface area (Å²) in [6.45, 7) is 4.57. The third-order valence-electron chi connectivity index (χ3n) is 5.94. The fourth-order valence-electron chi connectivity index (χ4n) is 4.34. The molecule has 2 fully saturated rings. The highest BCUT2D eigenvalue weighted by atomic mass is 16.5. The molecule has 1 amide bonds. The zero-order valence-electron chi connectivity index (χ0n) is 16.3. The van der Waals surface area contributed by atoms with Crippen LogP contribution in [-0.2, 0) is 11.2 Å². The van der Waals surface area contributed by atoms with Gasteiger partial charge in [0.15, 0.2) is 0 Å². The number of hydrogen-bond acceptors (Lipinski definition) is 3. The first-order valence-electron chi connectivity index (χ1n) is 10.4. The SMILES string of the molecule is COc1ccc(CC(=O)N2CCCCC2CCN2CCCCCC2)cc1. The molecule has 1 aromatic carbocycles. The third-order valence-corrected chi connectivity index (χ3v) is 5.94. The van der Waals surface area contributed by atoms with Crippen molar-refractivity contribution < 1.29 is 9.53 Å². The van der Waals surface area contributed by atoms with Crippen molar-refractivity contribution in [2.45, 2.75) is 63.8 Å². The molecule has 4 heteroatoms. The summed E-state index contributed by atoms with van der Waals surface area (Å²) in [6, 6.07) is 8.32. The van der Waals surface area contributed by atoms with Crippen LogP contribution in [0, 0.1) is 0 Å². The van der Waals surface area contributed by atoms with Crippen LogP contribution in [0.5, 0.6) is 5.75 Å². The quantitative estimate of drug-likeness (QED) is 0.773. The number of benzene rings is 1. The molecule has 144 valence electrons. The van der Waals surface area contributed by atoms with Crippen LogP contribution < -0.4 is 4.74 Å². The number of hydrogen-bond donors (Lipinski definition) is 0. The Bertz CT molecular complexity index is 550. The van der Waals surface area contributed by atoms with Gasteiger partial charge in [0.1, 0.15) is 5.75 Å². The fraction of sp³-hybridized carbons (Fsp3) is 0.682. The van der Waals surface area contributed by atoms with E-state index in [1.54, 1.807) is 7.11 Å². The third kappa shape index (κ3) is 5.47. The van der Waals surface area contributed by atoms with E-state index in [1.807, 2.05) is 24.3 Å². The molecule has 0 bridgehead atoms. The predicted octanol–water partition coefficient (Wildman–Crippen LogP) is 3.88. The van der Waals surface area contributed by atoms with Crippen molar-refractivity contribution in [3.8, 4) is 5.75 Å². The Kier molecular flexibility index (Phi) is 7.36. The number of carbonyl (C=O) groups excluding carboxylic acids is 1. The zero-order chi connectivity index (χ0) is 18.2. The van der Waals surface area contributed by atoms with Crippen molar-refractivity contribution in [3.63, 3.8) is 0 Å². The van der Waals surface area contributed by atoms with Crippen LogP contribution in [0.3, 0.4) is 0 Å². The topological polar surface area (TPSA) is 32.8 Å². The largest absolute Gasteiger partial charge is 0.497 e. The van der Waals surface area contributed by atoms with Crippen LogP contribution in [0.4, 0.5) is 0 Å². The minimum absolute atomic E-state index is 0.288. The summed E-state index contributed by atoms with van der Waals surface area (Å²) < 4.78 is 5.21. The highest BCUT2D eigenvalue weighted by Crippen LogP contribution is 2.22. The molecule has 0 spiro atoms. The molecule has 0 radical (unpaired) electrons. The van der Waals surface area contributed by atoms with Gasteiger partial charge in [-0.15, -0.1) is 0 Å². The Morgan fingerprint density at radius 3 is 2.38 bits per heavy atom. The molecule has 2 saturated heterocycles. The molecule has 2 heterocycles. The summed E-state index contributed by atoms with van der Waals surface area (Å²) in [6.07, 6.45) is 10.7. The van der Waals surface area contributed by atoms with Crippen molar-refractivity contribution in [1.29, 1.82) is 0 Å². The first kappa shape index (κ1) is 19.2. The lowest BCUT2D eigenvalue weighted by atomic mass is 9.98. The van der Waals surface area contributed by atoms with Crippen LogP contribution in [0.15, 0.2) is 24.3 Å². The van der Waals surface area contributed by atoms with Gasteiger partial charge in [-0.3, -0.25) is 4.79 Å². The normalized spacial score (nSPS) is 22.0. The number of rotatable bonds is 6. The number of nitrogens with zero attached hydrogens (tertiary/aromatic N) is 2. The number of amides is 1. The molecular formula is C22H34N2O2. The first-order chi connectivity index (χ1) is 12.8. The molecule has 1 aromatic rings. The van der Waals surface area contributed by atoms with Gasteiger partial charge < -0.3 is 14.5 Å². The Labute approximate surface area is 158 Å². The van der Waals surface area contributed by atoms with Crippen molar-refractivity contribution >= 4 is 5.91 Å². The van der Waals surface area contributed by atoms with Gasteiger partial charge in [0.25, 0.3) is 0 Å².